The van der Waals surface area contributed by atoms with Crippen molar-refractivity contribution >= 4 is 11.6 Å². The molecule has 0 bridgehead atoms. The van der Waals surface area contributed by atoms with Crippen LogP contribution in [0.1, 0.15) is 47.4 Å². The van der Waals surface area contributed by atoms with Crippen LogP contribution in [0, 0.1) is 0 Å². The first kappa shape index (κ1) is 24.9. The standard InChI is InChI=1S/C32H30O4/c1-23(33)25-5-9-27(10-6-25)29-13-17-31(18-14-29)35-21-3-4-22-36-32-19-15-30(16-20-32)28-11-7-26(8-12-28)24(2)34/h5-20H,3-4,21-22H2,1-2H3. The maximum absolute atomic E-state index is 11.4. The number of carbonyl (C=O) groups excluding carboxylic acids is 2. The van der Waals surface area contributed by atoms with Gasteiger partial charge in [-0.25, -0.2) is 0 Å². The van der Waals surface area contributed by atoms with Gasteiger partial charge in [0, 0.05) is 11.1 Å². The van der Waals surface area contributed by atoms with Crippen LogP contribution in [0.5, 0.6) is 11.5 Å². The molecule has 0 unspecified atom stereocenters. The van der Waals surface area contributed by atoms with Gasteiger partial charge in [-0.05, 0) is 73.2 Å². The maximum Gasteiger partial charge on any atom is 0.159 e. The fourth-order valence-electron chi connectivity index (χ4n) is 3.87. The largest absolute Gasteiger partial charge is 0.494 e. The molecule has 0 saturated carbocycles. The number of hydrogen-bond donors (Lipinski definition) is 0. The molecule has 0 saturated heterocycles. The van der Waals surface area contributed by atoms with Gasteiger partial charge in [0.2, 0.25) is 0 Å². The lowest BCUT2D eigenvalue weighted by Crippen LogP contribution is -2.02. The van der Waals surface area contributed by atoms with Gasteiger partial charge in [0.05, 0.1) is 13.2 Å². The molecular formula is C32H30O4. The Bertz CT molecular complexity index is 1180. The SMILES string of the molecule is CC(=O)c1ccc(-c2ccc(OCCCCOc3ccc(-c4ccc(C(C)=O)cc4)cc3)cc2)cc1. The molecule has 4 aromatic rings. The van der Waals surface area contributed by atoms with E-state index in [0.717, 1.165) is 57.7 Å². The van der Waals surface area contributed by atoms with Crippen molar-refractivity contribution in [1.82, 2.24) is 0 Å². The van der Waals surface area contributed by atoms with Crippen molar-refractivity contribution in [1.29, 1.82) is 0 Å². The fourth-order valence-corrected chi connectivity index (χ4v) is 3.87. The number of carbonyl (C=O) groups is 2. The number of Topliss-reactive ketones (excluding diaryl/α,β-unsaturated/α-hetero) is 2. The number of benzene rings is 4. The van der Waals surface area contributed by atoms with Gasteiger partial charge in [-0.15, -0.1) is 0 Å². The van der Waals surface area contributed by atoms with Gasteiger partial charge in [-0.2, -0.15) is 0 Å². The first-order valence-corrected chi connectivity index (χ1v) is 12.2. The zero-order valence-corrected chi connectivity index (χ0v) is 20.7. The van der Waals surface area contributed by atoms with E-state index in [2.05, 4.69) is 0 Å². The molecule has 0 fully saturated rings. The van der Waals surface area contributed by atoms with Crippen molar-refractivity contribution in [3.05, 3.63) is 108 Å². The average Bonchev–Trinajstić information content (AvgIpc) is 2.91. The van der Waals surface area contributed by atoms with Crippen molar-refractivity contribution in [2.45, 2.75) is 26.7 Å². The Kier molecular flexibility index (Phi) is 8.30. The smallest absolute Gasteiger partial charge is 0.159 e. The van der Waals surface area contributed by atoms with Crippen LogP contribution in [0.3, 0.4) is 0 Å². The first-order valence-electron chi connectivity index (χ1n) is 12.2. The van der Waals surface area contributed by atoms with E-state index < -0.39 is 0 Å². The molecule has 4 aromatic carbocycles. The first-order chi connectivity index (χ1) is 17.5. The molecule has 4 heteroatoms. The highest BCUT2D eigenvalue weighted by molar-refractivity contribution is 5.95. The molecule has 182 valence electrons. The fraction of sp³-hybridized carbons (Fsp3) is 0.188. The highest BCUT2D eigenvalue weighted by atomic mass is 16.5. The number of ketones is 2. The molecule has 36 heavy (non-hydrogen) atoms. The molecule has 4 nitrogen and oxygen atoms in total. The van der Waals surface area contributed by atoms with Crippen molar-refractivity contribution in [2.24, 2.45) is 0 Å². The minimum absolute atomic E-state index is 0.0718. The zero-order valence-electron chi connectivity index (χ0n) is 20.7. The average molecular weight is 479 g/mol. The van der Waals surface area contributed by atoms with Crippen molar-refractivity contribution in [3.63, 3.8) is 0 Å². The normalized spacial score (nSPS) is 10.6. The van der Waals surface area contributed by atoms with Gasteiger partial charge in [-0.3, -0.25) is 9.59 Å². The minimum Gasteiger partial charge on any atom is -0.494 e. The molecule has 0 N–H and O–H groups in total. The quantitative estimate of drug-likeness (QED) is 0.164. The number of hydrogen-bond acceptors (Lipinski definition) is 4. The zero-order chi connectivity index (χ0) is 25.3. The van der Waals surface area contributed by atoms with E-state index in [1.54, 1.807) is 13.8 Å². The minimum atomic E-state index is 0.0718. The van der Waals surface area contributed by atoms with E-state index >= 15 is 0 Å². The Hall–Kier alpha value is -4.18. The predicted octanol–water partition coefficient (Wildman–Crippen LogP) is 7.66. The third-order valence-corrected chi connectivity index (χ3v) is 6.03. The van der Waals surface area contributed by atoms with Gasteiger partial charge < -0.3 is 9.47 Å². The molecule has 0 radical (unpaired) electrons. The van der Waals surface area contributed by atoms with E-state index in [0.29, 0.717) is 13.2 Å². The number of rotatable bonds is 11. The molecule has 0 amide bonds. The summed E-state index contributed by atoms with van der Waals surface area (Å²) in [6.45, 7) is 4.41. The topological polar surface area (TPSA) is 52.6 Å². The van der Waals surface area contributed by atoms with Crippen LogP contribution in [0.25, 0.3) is 22.3 Å². The molecular weight excluding hydrogens is 448 g/mol. The van der Waals surface area contributed by atoms with Crippen LogP contribution in [0.15, 0.2) is 97.1 Å². The summed E-state index contributed by atoms with van der Waals surface area (Å²) >= 11 is 0. The van der Waals surface area contributed by atoms with Crippen LogP contribution in [-0.4, -0.2) is 24.8 Å². The number of ether oxygens (including phenoxy) is 2. The molecule has 0 aromatic heterocycles. The number of unbranched alkanes of at least 4 members (excludes halogenated alkanes) is 1. The summed E-state index contributed by atoms with van der Waals surface area (Å²) in [6.07, 6.45) is 1.80. The third kappa shape index (κ3) is 6.70. The van der Waals surface area contributed by atoms with E-state index in [-0.39, 0.29) is 11.6 Å². The van der Waals surface area contributed by atoms with Gasteiger partial charge in [-0.1, -0.05) is 72.8 Å². The summed E-state index contributed by atoms with van der Waals surface area (Å²) < 4.78 is 11.7. The second-order valence-corrected chi connectivity index (χ2v) is 8.72. The predicted molar refractivity (Wildman–Crippen MR) is 144 cm³/mol. The summed E-state index contributed by atoms with van der Waals surface area (Å²) in [7, 11) is 0. The third-order valence-electron chi connectivity index (χ3n) is 6.03. The summed E-state index contributed by atoms with van der Waals surface area (Å²) in [4.78, 5) is 22.9. The second kappa shape index (κ2) is 12.0. The Morgan fingerprint density at radius 2 is 0.750 bits per heavy atom. The Morgan fingerprint density at radius 3 is 1.03 bits per heavy atom. The van der Waals surface area contributed by atoms with Crippen LogP contribution in [0.4, 0.5) is 0 Å². The van der Waals surface area contributed by atoms with Crippen molar-refractivity contribution < 1.29 is 19.1 Å². The van der Waals surface area contributed by atoms with Gasteiger partial charge in [0.1, 0.15) is 11.5 Å². The summed E-state index contributed by atoms with van der Waals surface area (Å²) in [5.41, 5.74) is 5.76. The summed E-state index contributed by atoms with van der Waals surface area (Å²) in [5, 5.41) is 0. The van der Waals surface area contributed by atoms with E-state index in [1.165, 1.54) is 0 Å². The molecule has 0 spiro atoms. The Balaban J connectivity index is 1.16. The molecule has 0 atom stereocenters. The van der Waals surface area contributed by atoms with E-state index in [9.17, 15) is 9.59 Å². The van der Waals surface area contributed by atoms with Gasteiger partial charge in [0.15, 0.2) is 11.6 Å². The van der Waals surface area contributed by atoms with Crippen molar-refractivity contribution in [3.8, 4) is 33.8 Å². The Morgan fingerprint density at radius 1 is 0.472 bits per heavy atom. The van der Waals surface area contributed by atoms with Crippen LogP contribution in [0.2, 0.25) is 0 Å². The lowest BCUT2D eigenvalue weighted by Gasteiger charge is -2.09. The van der Waals surface area contributed by atoms with Crippen LogP contribution < -0.4 is 9.47 Å². The van der Waals surface area contributed by atoms with Crippen LogP contribution >= 0.6 is 0 Å². The molecule has 0 aliphatic heterocycles. The lowest BCUT2D eigenvalue weighted by molar-refractivity contribution is 0.100. The van der Waals surface area contributed by atoms with Gasteiger partial charge in [0.25, 0.3) is 0 Å². The molecule has 4 rings (SSSR count). The highest BCUT2D eigenvalue weighted by Crippen LogP contribution is 2.24. The molecule has 0 aliphatic rings. The molecule has 0 heterocycles. The summed E-state index contributed by atoms with van der Waals surface area (Å²) in [5.74, 6) is 1.82. The van der Waals surface area contributed by atoms with Crippen molar-refractivity contribution in [2.75, 3.05) is 13.2 Å². The van der Waals surface area contributed by atoms with Crippen LogP contribution in [-0.2, 0) is 0 Å². The highest BCUT2D eigenvalue weighted by Gasteiger charge is 2.04. The van der Waals surface area contributed by atoms with Gasteiger partial charge >= 0.3 is 0 Å². The second-order valence-electron chi connectivity index (χ2n) is 8.72. The van der Waals surface area contributed by atoms with E-state index in [4.69, 9.17) is 9.47 Å². The monoisotopic (exact) mass is 478 g/mol. The maximum atomic E-state index is 11.4. The summed E-state index contributed by atoms with van der Waals surface area (Å²) in [6, 6.07) is 31.3. The Labute approximate surface area is 212 Å². The lowest BCUT2D eigenvalue weighted by atomic mass is 10.0. The molecule has 0 aliphatic carbocycles. The van der Waals surface area contributed by atoms with E-state index in [1.807, 2.05) is 97.1 Å².